The third-order valence-electron chi connectivity index (χ3n) is 5.01. The van der Waals surface area contributed by atoms with Crippen LogP contribution in [0.4, 0.5) is 0 Å². The van der Waals surface area contributed by atoms with Crippen molar-refractivity contribution in [2.24, 2.45) is 13.5 Å². The molecule has 0 bridgehead atoms. The van der Waals surface area contributed by atoms with E-state index < -0.39 is 23.0 Å². The van der Waals surface area contributed by atoms with Gasteiger partial charge in [0.05, 0.1) is 159 Å². The number of hydrogen-bond acceptors (Lipinski definition) is 21. The van der Waals surface area contributed by atoms with Gasteiger partial charge in [-0.1, -0.05) is 0 Å². The Morgan fingerprint density at radius 1 is 0.250 bits per heavy atom. The minimum Gasteiger partial charge on any atom is -0.394 e. The first-order chi connectivity index (χ1) is 23.5. The molecule has 0 unspecified atom stereocenters. The van der Waals surface area contributed by atoms with Crippen molar-refractivity contribution in [3.05, 3.63) is 0 Å². The average molecular weight is 766 g/mol. The highest BCUT2D eigenvalue weighted by Gasteiger charge is 2.43. The molecule has 1 heterocycles. The van der Waals surface area contributed by atoms with E-state index in [1.807, 2.05) is 0 Å². The van der Waals surface area contributed by atoms with Crippen molar-refractivity contribution in [2.45, 2.75) is 0 Å². The summed E-state index contributed by atoms with van der Waals surface area (Å²) in [6.45, 7) is -1.27. The molecule has 0 amide bonds. The Bertz CT molecular complexity index is 753. The second-order valence-electron chi connectivity index (χ2n) is 8.76. The van der Waals surface area contributed by atoms with E-state index in [9.17, 15) is 0 Å². The van der Waals surface area contributed by atoms with E-state index in [1.165, 1.54) is 0 Å². The van der Waals surface area contributed by atoms with Gasteiger partial charge in [-0.3, -0.25) is 0 Å². The fourth-order valence-corrected chi connectivity index (χ4v) is 12.6. The van der Waals surface area contributed by atoms with Crippen LogP contribution in [0.2, 0.25) is 0 Å². The number of aliphatic hydroxyl groups excluding tert-OH is 6. The first kappa shape index (κ1) is 46.0. The maximum absolute atomic E-state index is 9.12. The SMILES string of the molecule is OCCOCCOP1(OCCOCCO)=NP(OCCOCCO)(OCCOCCO)=NP(OCCOCCO)(OCCOCCO)=N1. The molecule has 1 rings (SSSR count). The van der Waals surface area contributed by atoms with E-state index in [1.54, 1.807) is 0 Å². The predicted molar refractivity (Wildman–Crippen MR) is 171 cm³/mol. The normalized spacial score (nSPS) is 16.4. The molecule has 0 aromatic heterocycles. The molecule has 24 heteroatoms. The van der Waals surface area contributed by atoms with Crippen LogP contribution in [0.1, 0.15) is 0 Å². The summed E-state index contributed by atoms with van der Waals surface area (Å²) in [5.41, 5.74) is 0. The minimum atomic E-state index is -3.83. The summed E-state index contributed by atoms with van der Waals surface area (Å²) in [7, 11) is -11.5. The number of hydrogen-bond donors (Lipinski definition) is 6. The molecule has 0 saturated carbocycles. The van der Waals surface area contributed by atoms with Crippen LogP contribution >= 0.6 is 23.0 Å². The molecule has 0 aliphatic carbocycles. The average Bonchev–Trinajstić information content (AvgIpc) is 3.08. The lowest BCUT2D eigenvalue weighted by molar-refractivity contribution is 0.0529. The largest absolute Gasteiger partial charge is 0.394 e. The highest BCUT2D eigenvalue weighted by atomic mass is 31.3. The van der Waals surface area contributed by atoms with Crippen molar-refractivity contribution < 1.29 is 86.2 Å². The lowest BCUT2D eigenvalue weighted by Gasteiger charge is -2.33. The maximum atomic E-state index is 9.12. The molecule has 6 N–H and O–H groups in total. The van der Waals surface area contributed by atoms with E-state index in [4.69, 9.17) is 99.7 Å². The van der Waals surface area contributed by atoms with Crippen molar-refractivity contribution in [2.75, 3.05) is 159 Å². The molecule has 0 radical (unpaired) electrons. The monoisotopic (exact) mass is 765 g/mol. The molecule has 0 aromatic carbocycles. The Kier molecular flexibility index (Phi) is 29.3. The van der Waals surface area contributed by atoms with E-state index in [-0.39, 0.29) is 159 Å². The molecule has 0 fully saturated rings. The highest BCUT2D eigenvalue weighted by molar-refractivity contribution is 7.78. The zero-order valence-corrected chi connectivity index (χ0v) is 29.9. The molecule has 1 aliphatic rings. The smallest absolute Gasteiger partial charge is 0.349 e. The molecule has 0 saturated heterocycles. The maximum Gasteiger partial charge on any atom is 0.349 e. The fraction of sp³-hybridized carbons (Fsp3) is 1.00. The van der Waals surface area contributed by atoms with Crippen LogP contribution in [0.25, 0.3) is 0 Å². The van der Waals surface area contributed by atoms with Gasteiger partial charge in [-0.25, -0.2) is 0 Å². The first-order valence-electron chi connectivity index (χ1n) is 15.4. The summed E-state index contributed by atoms with van der Waals surface area (Å²) in [4.78, 5) is 0. The topological polar surface area (TPSA) is 269 Å². The van der Waals surface area contributed by atoms with Crippen LogP contribution in [0, 0.1) is 0 Å². The second-order valence-corrected chi connectivity index (χ2v) is 15.4. The Morgan fingerprint density at radius 2 is 0.417 bits per heavy atom. The Balaban J connectivity index is 3.72. The molecule has 0 aromatic rings. The Hall–Kier alpha value is -0.0300. The summed E-state index contributed by atoms with van der Waals surface area (Å²) in [5, 5.41) is 54.7. The van der Waals surface area contributed by atoms with E-state index >= 15 is 0 Å². The van der Waals surface area contributed by atoms with Gasteiger partial charge >= 0.3 is 23.0 Å². The van der Waals surface area contributed by atoms with Crippen molar-refractivity contribution in [3.8, 4) is 0 Å². The molecule has 0 spiro atoms. The number of ether oxygens (including phenoxy) is 6. The van der Waals surface area contributed by atoms with Gasteiger partial charge in [-0.05, 0) is 0 Å². The lowest BCUT2D eigenvalue weighted by Crippen LogP contribution is -2.14. The summed E-state index contributed by atoms with van der Waals surface area (Å²) in [5.74, 6) is 0. The van der Waals surface area contributed by atoms with E-state index in [0.717, 1.165) is 0 Å². The fourth-order valence-electron chi connectivity index (χ4n) is 3.19. The standard InChI is InChI=1S/C24H54N3O18P3/c28-1-7-34-13-19-40-46(41-20-14-35-8-2-29)25-47(42-21-15-36-9-3-30,43-22-16-37-10-4-31)27-48(26-46,44-23-17-38-11-5-32)45-24-18-39-12-6-33/h28-33H,1-24H2. The predicted octanol–water partition coefficient (Wildman–Crippen LogP) is -0.00840. The Morgan fingerprint density at radius 3 is 0.562 bits per heavy atom. The number of nitrogens with zero attached hydrogens (tertiary/aromatic N) is 3. The zero-order valence-electron chi connectivity index (χ0n) is 27.2. The van der Waals surface area contributed by atoms with Gasteiger partial charge in [0.25, 0.3) is 0 Å². The molecule has 288 valence electrons. The molecule has 48 heavy (non-hydrogen) atoms. The minimum absolute atomic E-state index is 0.0309. The van der Waals surface area contributed by atoms with Crippen LogP contribution in [-0.2, 0) is 55.6 Å². The van der Waals surface area contributed by atoms with Gasteiger partial charge < -0.3 is 86.2 Å². The quantitative estimate of drug-likeness (QED) is 0.0362. The third-order valence-corrected chi connectivity index (χ3v) is 13.6. The van der Waals surface area contributed by atoms with Crippen LogP contribution in [0.3, 0.4) is 0 Å². The van der Waals surface area contributed by atoms with Gasteiger partial charge in [-0.15, -0.1) is 13.5 Å². The van der Waals surface area contributed by atoms with Gasteiger partial charge in [-0.2, -0.15) is 0 Å². The first-order valence-corrected chi connectivity index (χ1v) is 20.0. The Labute approximate surface area is 281 Å². The molecule has 0 atom stereocenters. The number of aliphatic hydroxyl groups is 6. The molecular weight excluding hydrogens is 711 g/mol. The molecule has 21 nitrogen and oxygen atoms in total. The summed E-state index contributed by atoms with van der Waals surface area (Å²) in [6.07, 6.45) is 0. The van der Waals surface area contributed by atoms with Crippen molar-refractivity contribution in [1.29, 1.82) is 0 Å². The van der Waals surface area contributed by atoms with Crippen molar-refractivity contribution >= 4 is 23.0 Å². The van der Waals surface area contributed by atoms with Gasteiger partial charge in [0, 0.05) is 0 Å². The molecule has 1 aliphatic heterocycles. The van der Waals surface area contributed by atoms with Gasteiger partial charge in [0.2, 0.25) is 0 Å². The lowest BCUT2D eigenvalue weighted by atomic mass is 10.7. The second kappa shape index (κ2) is 30.6. The highest BCUT2D eigenvalue weighted by Crippen LogP contribution is 2.80. The van der Waals surface area contributed by atoms with Crippen molar-refractivity contribution in [3.63, 3.8) is 0 Å². The molecular formula is C24H54N3O18P3. The van der Waals surface area contributed by atoms with Crippen LogP contribution < -0.4 is 0 Å². The van der Waals surface area contributed by atoms with Gasteiger partial charge in [0.1, 0.15) is 0 Å². The summed E-state index contributed by atoms with van der Waals surface area (Å²) >= 11 is 0. The van der Waals surface area contributed by atoms with Gasteiger partial charge in [0.15, 0.2) is 0 Å². The van der Waals surface area contributed by atoms with Crippen molar-refractivity contribution in [1.82, 2.24) is 0 Å². The van der Waals surface area contributed by atoms with Crippen LogP contribution in [0.5, 0.6) is 0 Å². The van der Waals surface area contributed by atoms with E-state index in [2.05, 4.69) is 0 Å². The van der Waals surface area contributed by atoms with Crippen LogP contribution in [0.15, 0.2) is 13.5 Å². The third kappa shape index (κ3) is 21.4. The zero-order chi connectivity index (χ0) is 35.1. The summed E-state index contributed by atoms with van der Waals surface area (Å²) < 4.78 is 83.5. The van der Waals surface area contributed by atoms with E-state index in [0.29, 0.717) is 0 Å². The number of rotatable bonds is 36. The van der Waals surface area contributed by atoms with Crippen LogP contribution in [-0.4, -0.2) is 189 Å². The summed E-state index contributed by atoms with van der Waals surface area (Å²) in [6, 6.07) is 0.